The number of amides is 3. The average Bonchev–Trinajstić information content (AvgIpc) is 2.21. The van der Waals surface area contributed by atoms with Crippen LogP contribution >= 0.6 is 0 Å². The van der Waals surface area contributed by atoms with Crippen LogP contribution in [0, 0.1) is 5.92 Å². The molecule has 0 aliphatic heterocycles. The molecule has 7 heteroatoms. The van der Waals surface area contributed by atoms with Crippen molar-refractivity contribution >= 4 is 17.7 Å². The summed E-state index contributed by atoms with van der Waals surface area (Å²) in [5, 5.41) is 13.9. The topological polar surface area (TPSA) is 122 Å². The summed E-state index contributed by atoms with van der Waals surface area (Å²) in [5.41, 5.74) is 4.83. The molecule has 0 aliphatic rings. The lowest BCUT2D eigenvalue weighted by molar-refractivity contribution is -0.130. The van der Waals surface area contributed by atoms with E-state index in [0.29, 0.717) is 0 Å². The van der Waals surface area contributed by atoms with Gasteiger partial charge in [0.1, 0.15) is 12.1 Å². The molecule has 0 aromatic heterocycles. The van der Waals surface area contributed by atoms with E-state index in [4.69, 9.17) is 10.8 Å². The second-order valence-corrected chi connectivity index (χ2v) is 4.09. The van der Waals surface area contributed by atoms with Crippen LogP contribution in [0.15, 0.2) is 0 Å². The molecule has 0 spiro atoms. The van der Waals surface area contributed by atoms with Crippen molar-refractivity contribution in [3.05, 3.63) is 0 Å². The molecule has 2 unspecified atom stereocenters. The summed E-state index contributed by atoms with van der Waals surface area (Å²) < 4.78 is 0. The third-order valence-corrected chi connectivity index (χ3v) is 2.11. The van der Waals surface area contributed by atoms with Crippen LogP contribution in [0.1, 0.15) is 20.8 Å². The predicted molar refractivity (Wildman–Crippen MR) is 60.7 cm³/mol. The van der Waals surface area contributed by atoms with Crippen molar-refractivity contribution < 1.29 is 19.5 Å². The number of carbonyl (C=O) groups excluding carboxylic acids is 3. The second-order valence-electron chi connectivity index (χ2n) is 4.09. The van der Waals surface area contributed by atoms with Crippen LogP contribution in [0.4, 0.5) is 0 Å². The van der Waals surface area contributed by atoms with Crippen molar-refractivity contribution in [2.24, 2.45) is 11.7 Å². The molecule has 0 bridgehead atoms. The maximum absolute atomic E-state index is 11.7. The largest absolute Gasteiger partial charge is 0.381 e. The highest BCUT2D eigenvalue weighted by Gasteiger charge is 2.23. The quantitative estimate of drug-likeness (QED) is 0.437. The molecule has 0 aromatic rings. The Morgan fingerprint density at radius 1 is 1.29 bits per heavy atom. The SMILES string of the molecule is CC(=O)NC(C(=O)NCC(O)C(N)=O)C(C)C. The van der Waals surface area contributed by atoms with Gasteiger partial charge in [0, 0.05) is 6.92 Å². The number of aliphatic hydroxyl groups is 1. The lowest BCUT2D eigenvalue weighted by Crippen LogP contribution is -2.51. The second kappa shape index (κ2) is 6.85. The number of aliphatic hydroxyl groups excluding tert-OH is 1. The lowest BCUT2D eigenvalue weighted by Gasteiger charge is -2.21. The van der Waals surface area contributed by atoms with Crippen LogP contribution in [0.2, 0.25) is 0 Å². The standard InChI is InChI=1S/C10H19N3O4/c1-5(2)8(13-6(3)14)10(17)12-4-7(15)9(11)16/h5,7-8,15H,4H2,1-3H3,(H2,11,16)(H,12,17)(H,13,14). The molecule has 0 heterocycles. The molecule has 98 valence electrons. The maximum atomic E-state index is 11.7. The van der Waals surface area contributed by atoms with Crippen LogP contribution in [0.5, 0.6) is 0 Å². The molecule has 17 heavy (non-hydrogen) atoms. The van der Waals surface area contributed by atoms with Gasteiger partial charge in [0.15, 0.2) is 0 Å². The van der Waals surface area contributed by atoms with Gasteiger partial charge in [0.25, 0.3) is 0 Å². The van der Waals surface area contributed by atoms with Crippen LogP contribution < -0.4 is 16.4 Å². The van der Waals surface area contributed by atoms with Gasteiger partial charge in [-0.05, 0) is 5.92 Å². The van der Waals surface area contributed by atoms with Gasteiger partial charge in [0.05, 0.1) is 6.54 Å². The highest BCUT2D eigenvalue weighted by molar-refractivity contribution is 5.87. The minimum absolute atomic E-state index is 0.107. The molecule has 0 radical (unpaired) electrons. The Labute approximate surface area is 99.7 Å². The summed E-state index contributed by atoms with van der Waals surface area (Å²) in [5.74, 6) is -1.81. The highest BCUT2D eigenvalue weighted by atomic mass is 16.3. The van der Waals surface area contributed by atoms with E-state index < -0.39 is 24.0 Å². The van der Waals surface area contributed by atoms with Gasteiger partial charge in [-0.25, -0.2) is 0 Å². The van der Waals surface area contributed by atoms with Crippen molar-refractivity contribution in [3.63, 3.8) is 0 Å². The molecule has 3 amide bonds. The molecule has 0 aromatic carbocycles. The lowest BCUT2D eigenvalue weighted by atomic mass is 10.0. The minimum Gasteiger partial charge on any atom is -0.381 e. The molecule has 7 nitrogen and oxygen atoms in total. The molecule has 0 rings (SSSR count). The van der Waals surface area contributed by atoms with E-state index in [-0.39, 0.29) is 18.4 Å². The number of carbonyl (C=O) groups is 3. The number of nitrogens with one attached hydrogen (secondary N) is 2. The Balaban J connectivity index is 4.33. The highest BCUT2D eigenvalue weighted by Crippen LogP contribution is 2.01. The summed E-state index contributed by atoms with van der Waals surface area (Å²) >= 11 is 0. The molecule has 0 fully saturated rings. The first-order chi connectivity index (χ1) is 7.75. The van der Waals surface area contributed by atoms with Crippen LogP contribution in [-0.4, -0.2) is 41.5 Å². The van der Waals surface area contributed by atoms with E-state index in [1.165, 1.54) is 6.92 Å². The Morgan fingerprint density at radius 2 is 1.82 bits per heavy atom. The van der Waals surface area contributed by atoms with Gasteiger partial charge in [-0.2, -0.15) is 0 Å². The smallest absolute Gasteiger partial charge is 0.248 e. The fourth-order valence-corrected chi connectivity index (χ4v) is 1.16. The molecular weight excluding hydrogens is 226 g/mol. The normalized spacial score (nSPS) is 13.9. The Hall–Kier alpha value is -1.63. The Morgan fingerprint density at radius 3 is 2.18 bits per heavy atom. The van der Waals surface area contributed by atoms with E-state index in [0.717, 1.165) is 0 Å². The molecule has 2 atom stereocenters. The monoisotopic (exact) mass is 245 g/mol. The van der Waals surface area contributed by atoms with Crippen molar-refractivity contribution in [3.8, 4) is 0 Å². The number of nitrogens with two attached hydrogens (primary N) is 1. The van der Waals surface area contributed by atoms with Gasteiger partial charge in [-0.3, -0.25) is 14.4 Å². The minimum atomic E-state index is -1.43. The molecule has 0 saturated carbocycles. The fraction of sp³-hybridized carbons (Fsp3) is 0.700. The van der Waals surface area contributed by atoms with Crippen molar-refractivity contribution in [2.75, 3.05) is 6.54 Å². The third-order valence-electron chi connectivity index (χ3n) is 2.11. The summed E-state index contributed by atoms with van der Waals surface area (Å²) in [6.07, 6.45) is -1.43. The predicted octanol–water partition coefficient (Wildman–Crippen LogP) is -1.89. The van der Waals surface area contributed by atoms with E-state index in [2.05, 4.69) is 10.6 Å². The summed E-state index contributed by atoms with van der Waals surface area (Å²) in [7, 11) is 0. The molecule has 0 saturated heterocycles. The zero-order chi connectivity index (χ0) is 13.6. The first-order valence-corrected chi connectivity index (χ1v) is 5.28. The first kappa shape index (κ1) is 15.4. The number of rotatable bonds is 6. The van der Waals surface area contributed by atoms with E-state index >= 15 is 0 Å². The summed E-state index contributed by atoms with van der Waals surface area (Å²) in [6, 6.07) is -0.701. The van der Waals surface area contributed by atoms with Crippen LogP contribution in [0.25, 0.3) is 0 Å². The maximum Gasteiger partial charge on any atom is 0.248 e. The van der Waals surface area contributed by atoms with E-state index in [1.807, 2.05) is 0 Å². The summed E-state index contributed by atoms with van der Waals surface area (Å²) in [4.78, 5) is 33.1. The first-order valence-electron chi connectivity index (χ1n) is 5.28. The molecule has 0 aliphatic carbocycles. The van der Waals surface area contributed by atoms with Gasteiger partial charge < -0.3 is 21.5 Å². The van der Waals surface area contributed by atoms with E-state index in [1.54, 1.807) is 13.8 Å². The van der Waals surface area contributed by atoms with Gasteiger partial charge >= 0.3 is 0 Å². The zero-order valence-electron chi connectivity index (χ0n) is 10.2. The van der Waals surface area contributed by atoms with Crippen molar-refractivity contribution in [1.29, 1.82) is 0 Å². The van der Waals surface area contributed by atoms with E-state index in [9.17, 15) is 14.4 Å². The fourth-order valence-electron chi connectivity index (χ4n) is 1.16. The van der Waals surface area contributed by atoms with Gasteiger partial charge in [0.2, 0.25) is 17.7 Å². The van der Waals surface area contributed by atoms with Crippen molar-refractivity contribution in [1.82, 2.24) is 10.6 Å². The zero-order valence-corrected chi connectivity index (χ0v) is 10.2. The number of primary amides is 1. The molecule has 5 N–H and O–H groups in total. The Kier molecular flexibility index (Phi) is 6.19. The van der Waals surface area contributed by atoms with Gasteiger partial charge in [-0.1, -0.05) is 13.8 Å². The van der Waals surface area contributed by atoms with Gasteiger partial charge in [-0.15, -0.1) is 0 Å². The van der Waals surface area contributed by atoms with Crippen LogP contribution in [0.3, 0.4) is 0 Å². The number of hydrogen-bond donors (Lipinski definition) is 4. The third kappa shape index (κ3) is 5.86. The average molecular weight is 245 g/mol. The van der Waals surface area contributed by atoms with Crippen LogP contribution in [-0.2, 0) is 14.4 Å². The Bertz CT molecular complexity index is 304. The van der Waals surface area contributed by atoms with Crippen molar-refractivity contribution in [2.45, 2.75) is 32.9 Å². The molecular formula is C10H19N3O4. The number of hydrogen-bond acceptors (Lipinski definition) is 4. The summed E-state index contributed by atoms with van der Waals surface area (Å²) in [6.45, 7) is 4.58.